The number of nitrogens with zero attached hydrogens (tertiary/aromatic N) is 4. The summed E-state index contributed by atoms with van der Waals surface area (Å²) in [6.07, 6.45) is 7.97. The summed E-state index contributed by atoms with van der Waals surface area (Å²) in [5.74, 6) is 0. The van der Waals surface area contributed by atoms with Gasteiger partial charge in [-0.05, 0) is 70.8 Å². The molecule has 0 fully saturated rings. The fourth-order valence-corrected chi connectivity index (χ4v) is 7.77. The van der Waals surface area contributed by atoms with E-state index in [4.69, 9.17) is 66.3 Å². The molecule has 2 aliphatic rings. The Morgan fingerprint density at radius 2 is 0.556 bits per heavy atom. The van der Waals surface area contributed by atoms with Crippen LogP contribution in [-0.2, 0) is 25.0 Å². The van der Waals surface area contributed by atoms with Crippen LogP contribution in [0, 0.1) is 0 Å². The molecule has 0 saturated heterocycles. The van der Waals surface area contributed by atoms with Crippen LogP contribution in [0.5, 0.6) is 0 Å². The number of halogens is 4. The minimum Gasteiger partial charge on any atom is -2.00 e. The predicted octanol–water partition coefficient (Wildman–Crippen LogP) is 13.1. The van der Waals surface area contributed by atoms with Gasteiger partial charge in [-0.15, -0.1) is 22.1 Å². The fraction of sp³-hybridized carbons (Fsp3) is 0. The third-order valence-corrected chi connectivity index (χ3v) is 10.5. The van der Waals surface area contributed by atoms with Gasteiger partial charge in [-0.1, -0.05) is 143 Å². The zero-order valence-electron chi connectivity index (χ0n) is 27.9. The molecular formula is C44H24Cl4N4ORu. The molecule has 0 saturated carbocycles. The normalized spacial score (nSPS) is 11.6. The minimum atomic E-state index is 0. The van der Waals surface area contributed by atoms with Gasteiger partial charge in [0.15, 0.2) is 0 Å². The van der Waals surface area contributed by atoms with Crippen LogP contribution in [0.15, 0.2) is 121 Å². The van der Waals surface area contributed by atoms with Gasteiger partial charge >= 0.3 is 19.5 Å². The summed E-state index contributed by atoms with van der Waals surface area (Å²) in [5.41, 5.74) is 12.0. The molecule has 5 nitrogen and oxygen atoms in total. The summed E-state index contributed by atoms with van der Waals surface area (Å²) in [6.45, 7) is 0. The van der Waals surface area contributed by atoms with E-state index in [0.29, 0.717) is 64.9 Å². The van der Waals surface area contributed by atoms with Crippen molar-refractivity contribution in [3.63, 3.8) is 0 Å². The third kappa shape index (κ3) is 6.64. The zero-order chi connectivity index (χ0) is 35.3. The molecule has 54 heavy (non-hydrogen) atoms. The van der Waals surface area contributed by atoms with Gasteiger partial charge < -0.3 is 15.4 Å². The Kier molecular flexibility index (Phi) is 10.8. The van der Waals surface area contributed by atoms with Gasteiger partial charge in [-0.3, -0.25) is 0 Å². The number of benzene rings is 4. The van der Waals surface area contributed by atoms with Gasteiger partial charge in [0.05, 0.1) is 22.8 Å². The zero-order valence-corrected chi connectivity index (χ0v) is 32.7. The quantitative estimate of drug-likeness (QED) is 0.165. The summed E-state index contributed by atoms with van der Waals surface area (Å²) in [5, 5.41) is 2.33. The van der Waals surface area contributed by atoms with Crippen molar-refractivity contribution >= 4 is 92.8 Å². The van der Waals surface area contributed by atoms with E-state index < -0.39 is 0 Å². The maximum atomic E-state index is 6.90. The van der Waals surface area contributed by atoms with Crippen molar-refractivity contribution in [3.8, 4) is 44.5 Å². The Morgan fingerprint density at radius 1 is 0.333 bits per heavy atom. The molecule has 0 N–H and O–H groups in total. The monoisotopic (exact) mass is 866 g/mol. The van der Waals surface area contributed by atoms with Gasteiger partial charge in [0.25, 0.3) is 0 Å². The molecule has 8 bridgehead atoms. The fourth-order valence-electron chi connectivity index (χ4n) is 6.85. The van der Waals surface area contributed by atoms with Crippen molar-refractivity contribution in [2.45, 2.75) is 0 Å². The SMILES string of the molecule is Clc1ccccc1-c1c2nc(c(-c3ccccc3Cl)c3ccc([n-]3)c(-c3ccccc3Cl)c3nc(c(-c4ccccc4Cl)c4ccc1[n-]4)C=C3)C=C2.[O-2].[Ru+4]. The summed E-state index contributed by atoms with van der Waals surface area (Å²) >= 11 is 27.6. The smallest absolute Gasteiger partial charge is 2.00 e. The standard InChI is InChI=1S/C44H24Cl4N4.O.Ru/c45-29-13-5-1-9-25(29)41-33-17-19-35(49-33)42(26-10-2-6-14-30(26)46)37-21-23-39(51-37)44(28-12-4-8-16-32(28)48)40-24-22-38(52-40)43(36-20-18-34(41)50-36)27-11-3-7-15-31(27)47;;/h1-24H;;/q2*-2;+4. The van der Waals surface area contributed by atoms with E-state index in [2.05, 4.69) is 0 Å². The van der Waals surface area contributed by atoms with E-state index in [1.807, 2.05) is 146 Å². The number of fused-ring (bicyclic) bond motifs is 8. The predicted molar refractivity (Wildman–Crippen MR) is 219 cm³/mol. The average Bonchev–Trinajstić information content (AvgIpc) is 3.99. The van der Waals surface area contributed by atoms with Crippen molar-refractivity contribution in [1.82, 2.24) is 19.9 Å². The van der Waals surface area contributed by atoms with E-state index in [0.717, 1.165) is 44.5 Å². The van der Waals surface area contributed by atoms with Crippen molar-refractivity contribution in [2.24, 2.45) is 0 Å². The Morgan fingerprint density at radius 3 is 0.778 bits per heavy atom. The van der Waals surface area contributed by atoms with Crippen molar-refractivity contribution < 1.29 is 25.0 Å². The van der Waals surface area contributed by atoms with Crippen LogP contribution in [0.4, 0.5) is 0 Å². The molecule has 0 radical (unpaired) electrons. The Balaban J connectivity index is 0.00000225. The molecule has 0 spiro atoms. The molecule has 0 amide bonds. The molecule has 9 rings (SSSR count). The van der Waals surface area contributed by atoms with Crippen LogP contribution in [0.2, 0.25) is 20.1 Å². The second-order valence-corrected chi connectivity index (χ2v) is 13.9. The first-order valence-corrected chi connectivity index (χ1v) is 18.0. The Hall–Kier alpha value is -4.78. The largest absolute Gasteiger partial charge is 4.00 e. The van der Waals surface area contributed by atoms with Gasteiger partial charge in [0.1, 0.15) is 0 Å². The van der Waals surface area contributed by atoms with Crippen LogP contribution < -0.4 is 9.97 Å². The first kappa shape index (κ1) is 37.5. The minimum absolute atomic E-state index is 0. The Labute approximate surface area is 344 Å². The molecule has 262 valence electrons. The van der Waals surface area contributed by atoms with E-state index in [9.17, 15) is 0 Å². The molecule has 4 aromatic carbocycles. The average molecular weight is 868 g/mol. The number of hydrogen-bond acceptors (Lipinski definition) is 2. The second kappa shape index (κ2) is 15.5. The van der Waals surface area contributed by atoms with Crippen LogP contribution in [-0.4, -0.2) is 9.97 Å². The molecule has 3 aromatic heterocycles. The maximum absolute atomic E-state index is 6.90. The molecule has 5 heterocycles. The van der Waals surface area contributed by atoms with Gasteiger partial charge in [0, 0.05) is 42.3 Å². The second-order valence-electron chi connectivity index (χ2n) is 12.3. The van der Waals surface area contributed by atoms with Gasteiger partial charge in [-0.2, -0.15) is 0 Å². The maximum Gasteiger partial charge on any atom is 4.00 e. The molecule has 0 atom stereocenters. The van der Waals surface area contributed by atoms with Crippen LogP contribution in [0.25, 0.3) is 90.9 Å². The van der Waals surface area contributed by atoms with E-state index in [1.54, 1.807) is 0 Å². The molecular weight excluding hydrogens is 843 g/mol. The van der Waals surface area contributed by atoms with Gasteiger partial charge in [0.2, 0.25) is 0 Å². The van der Waals surface area contributed by atoms with Crippen LogP contribution in [0.1, 0.15) is 22.8 Å². The summed E-state index contributed by atoms with van der Waals surface area (Å²) in [6, 6.07) is 38.9. The summed E-state index contributed by atoms with van der Waals surface area (Å²) < 4.78 is 0. The van der Waals surface area contributed by atoms with Crippen molar-refractivity contribution in [2.75, 3.05) is 0 Å². The topological polar surface area (TPSA) is 82.5 Å². The summed E-state index contributed by atoms with van der Waals surface area (Å²) in [7, 11) is 0. The summed E-state index contributed by atoms with van der Waals surface area (Å²) in [4.78, 5) is 21.0. The van der Waals surface area contributed by atoms with Crippen molar-refractivity contribution in [1.29, 1.82) is 0 Å². The van der Waals surface area contributed by atoms with Crippen LogP contribution in [0.3, 0.4) is 0 Å². The molecule has 0 unspecified atom stereocenters. The van der Waals surface area contributed by atoms with E-state index in [1.165, 1.54) is 0 Å². The molecule has 10 heteroatoms. The van der Waals surface area contributed by atoms with Gasteiger partial charge in [-0.25, -0.2) is 9.97 Å². The van der Waals surface area contributed by atoms with Crippen LogP contribution >= 0.6 is 46.4 Å². The van der Waals surface area contributed by atoms with Crippen molar-refractivity contribution in [3.05, 3.63) is 164 Å². The van der Waals surface area contributed by atoms with E-state index in [-0.39, 0.29) is 25.0 Å². The first-order chi connectivity index (χ1) is 25.4. The molecule has 2 aliphatic heterocycles. The molecule has 7 aromatic rings. The number of rotatable bonds is 4. The number of hydrogen-bond donors (Lipinski definition) is 0. The Bertz CT molecular complexity index is 2450. The van der Waals surface area contributed by atoms with E-state index >= 15 is 0 Å². The number of aromatic nitrogens is 4. The first-order valence-electron chi connectivity index (χ1n) is 16.5. The third-order valence-electron chi connectivity index (χ3n) is 9.18. The molecule has 0 aliphatic carbocycles.